The first-order valence-corrected chi connectivity index (χ1v) is 6.98. The molecule has 0 unspecified atom stereocenters. The van der Waals surface area contributed by atoms with E-state index in [2.05, 4.69) is 10.2 Å². The van der Waals surface area contributed by atoms with Gasteiger partial charge >= 0.3 is 0 Å². The molecule has 2 rings (SSSR count). The number of hydrogen-bond acceptors (Lipinski definition) is 3. The van der Waals surface area contributed by atoms with Crippen LogP contribution in [0.15, 0.2) is 18.2 Å². The number of halogens is 1. The van der Waals surface area contributed by atoms with E-state index < -0.39 is 0 Å². The van der Waals surface area contributed by atoms with Crippen LogP contribution in [0.25, 0.3) is 0 Å². The van der Waals surface area contributed by atoms with Gasteiger partial charge in [0, 0.05) is 19.5 Å². The summed E-state index contributed by atoms with van der Waals surface area (Å²) in [4.78, 5) is 14.0. The van der Waals surface area contributed by atoms with Gasteiger partial charge in [-0.3, -0.25) is 4.79 Å². The number of ether oxygens (including phenoxy) is 1. The van der Waals surface area contributed by atoms with E-state index in [0.29, 0.717) is 25.3 Å². The van der Waals surface area contributed by atoms with Crippen LogP contribution in [0.5, 0.6) is 0 Å². The predicted octanol–water partition coefficient (Wildman–Crippen LogP) is 2.65. The highest BCUT2D eigenvalue weighted by Crippen LogP contribution is 2.28. The Balaban J connectivity index is 2.16. The van der Waals surface area contributed by atoms with Crippen LogP contribution in [0.1, 0.15) is 20.3 Å². The van der Waals surface area contributed by atoms with Crippen LogP contribution in [0.3, 0.4) is 0 Å². The fourth-order valence-corrected chi connectivity index (χ4v) is 2.26. The van der Waals surface area contributed by atoms with E-state index in [-0.39, 0.29) is 17.6 Å². The maximum atomic E-state index is 13.4. The van der Waals surface area contributed by atoms with Gasteiger partial charge in [0.2, 0.25) is 5.91 Å². The third-order valence-corrected chi connectivity index (χ3v) is 3.18. The minimum atomic E-state index is -0.346. The molecule has 0 spiro atoms. The number of amides is 1. The average molecular weight is 280 g/mol. The second-order valence-electron chi connectivity index (χ2n) is 5.41. The lowest BCUT2D eigenvalue weighted by atomic mass is 10.1. The van der Waals surface area contributed by atoms with Gasteiger partial charge in [-0.15, -0.1) is 0 Å². The van der Waals surface area contributed by atoms with Crippen LogP contribution in [-0.2, 0) is 9.53 Å². The maximum Gasteiger partial charge on any atom is 0.224 e. The van der Waals surface area contributed by atoms with Gasteiger partial charge < -0.3 is 15.0 Å². The smallest absolute Gasteiger partial charge is 0.224 e. The average Bonchev–Trinajstić information content (AvgIpc) is 2.39. The van der Waals surface area contributed by atoms with Crippen molar-refractivity contribution in [2.24, 2.45) is 5.92 Å². The molecule has 0 radical (unpaired) electrons. The second kappa shape index (κ2) is 6.70. The number of hydrogen-bond donors (Lipinski definition) is 1. The van der Waals surface area contributed by atoms with Crippen molar-refractivity contribution in [1.29, 1.82) is 0 Å². The highest BCUT2D eigenvalue weighted by molar-refractivity contribution is 5.94. The van der Waals surface area contributed by atoms with E-state index in [0.717, 1.165) is 18.8 Å². The molecule has 1 heterocycles. The number of morpholine rings is 1. The van der Waals surface area contributed by atoms with E-state index in [1.165, 1.54) is 12.1 Å². The summed E-state index contributed by atoms with van der Waals surface area (Å²) in [6.45, 7) is 6.76. The Morgan fingerprint density at radius 2 is 2.10 bits per heavy atom. The normalized spacial score (nSPS) is 15.5. The Bertz CT molecular complexity index is 471. The van der Waals surface area contributed by atoms with Gasteiger partial charge in [-0.1, -0.05) is 13.8 Å². The summed E-state index contributed by atoms with van der Waals surface area (Å²) in [6.07, 6.45) is 0.430. The molecule has 110 valence electrons. The zero-order chi connectivity index (χ0) is 14.5. The topological polar surface area (TPSA) is 41.6 Å². The fraction of sp³-hybridized carbons (Fsp3) is 0.533. The maximum absolute atomic E-state index is 13.4. The van der Waals surface area contributed by atoms with Crippen molar-refractivity contribution < 1.29 is 13.9 Å². The lowest BCUT2D eigenvalue weighted by Gasteiger charge is -2.30. The fourth-order valence-electron chi connectivity index (χ4n) is 2.26. The third kappa shape index (κ3) is 3.93. The minimum absolute atomic E-state index is 0.0832. The Hall–Kier alpha value is -1.62. The Morgan fingerprint density at radius 1 is 1.40 bits per heavy atom. The molecular formula is C15H21FN2O2. The molecule has 0 aromatic heterocycles. The number of rotatable bonds is 4. The van der Waals surface area contributed by atoms with Crippen LogP contribution in [-0.4, -0.2) is 32.2 Å². The van der Waals surface area contributed by atoms with Crippen molar-refractivity contribution in [1.82, 2.24) is 0 Å². The summed E-state index contributed by atoms with van der Waals surface area (Å²) in [5.74, 6) is -0.155. The Morgan fingerprint density at radius 3 is 2.75 bits per heavy atom. The van der Waals surface area contributed by atoms with Gasteiger partial charge in [0.15, 0.2) is 0 Å². The third-order valence-electron chi connectivity index (χ3n) is 3.18. The minimum Gasteiger partial charge on any atom is -0.378 e. The van der Waals surface area contributed by atoms with E-state index >= 15 is 0 Å². The highest BCUT2D eigenvalue weighted by atomic mass is 19.1. The van der Waals surface area contributed by atoms with Crippen molar-refractivity contribution in [3.8, 4) is 0 Å². The molecule has 1 N–H and O–H groups in total. The van der Waals surface area contributed by atoms with E-state index in [1.807, 2.05) is 13.8 Å². The predicted molar refractivity (Wildman–Crippen MR) is 77.5 cm³/mol. The first kappa shape index (κ1) is 14.8. The molecule has 1 saturated heterocycles. The van der Waals surface area contributed by atoms with Crippen LogP contribution >= 0.6 is 0 Å². The molecule has 1 aromatic rings. The highest BCUT2D eigenvalue weighted by Gasteiger charge is 2.17. The van der Waals surface area contributed by atoms with E-state index in [4.69, 9.17) is 4.74 Å². The van der Waals surface area contributed by atoms with E-state index in [9.17, 15) is 9.18 Å². The lowest BCUT2D eigenvalue weighted by molar-refractivity contribution is -0.116. The molecular weight excluding hydrogens is 259 g/mol. The molecule has 1 aliphatic heterocycles. The Kier molecular flexibility index (Phi) is 4.95. The first-order valence-electron chi connectivity index (χ1n) is 6.98. The largest absolute Gasteiger partial charge is 0.378 e. The van der Waals surface area contributed by atoms with Gasteiger partial charge in [-0.05, 0) is 24.1 Å². The summed E-state index contributed by atoms with van der Waals surface area (Å²) < 4.78 is 18.7. The number of nitrogens with zero attached hydrogens (tertiary/aromatic N) is 1. The van der Waals surface area contributed by atoms with Crippen LogP contribution in [0.4, 0.5) is 15.8 Å². The molecule has 1 amide bonds. The van der Waals surface area contributed by atoms with Crippen molar-refractivity contribution in [3.63, 3.8) is 0 Å². The molecule has 1 aromatic carbocycles. The van der Waals surface area contributed by atoms with Crippen LogP contribution < -0.4 is 10.2 Å². The molecule has 0 saturated carbocycles. The number of benzene rings is 1. The van der Waals surface area contributed by atoms with Gasteiger partial charge in [0.05, 0.1) is 24.6 Å². The second-order valence-corrected chi connectivity index (χ2v) is 5.41. The van der Waals surface area contributed by atoms with Crippen molar-refractivity contribution in [3.05, 3.63) is 24.0 Å². The number of carbonyl (C=O) groups excluding carboxylic acids is 1. The van der Waals surface area contributed by atoms with Gasteiger partial charge in [0.1, 0.15) is 5.82 Å². The number of nitrogens with one attached hydrogen (secondary N) is 1. The molecule has 1 aliphatic rings. The van der Waals surface area contributed by atoms with Gasteiger partial charge in [0.25, 0.3) is 0 Å². The summed E-state index contributed by atoms with van der Waals surface area (Å²) >= 11 is 0. The van der Waals surface area contributed by atoms with Crippen LogP contribution in [0.2, 0.25) is 0 Å². The molecule has 20 heavy (non-hydrogen) atoms. The number of carbonyl (C=O) groups is 1. The first-order chi connectivity index (χ1) is 9.56. The molecule has 1 fully saturated rings. The van der Waals surface area contributed by atoms with Crippen LogP contribution in [0, 0.1) is 11.7 Å². The van der Waals surface area contributed by atoms with Crippen molar-refractivity contribution in [2.75, 3.05) is 36.5 Å². The van der Waals surface area contributed by atoms with Gasteiger partial charge in [-0.2, -0.15) is 0 Å². The molecule has 0 aliphatic carbocycles. The monoisotopic (exact) mass is 280 g/mol. The molecule has 4 nitrogen and oxygen atoms in total. The Labute approximate surface area is 118 Å². The molecule has 5 heteroatoms. The summed E-state index contributed by atoms with van der Waals surface area (Å²) in [5, 5.41) is 2.82. The zero-order valence-electron chi connectivity index (χ0n) is 12.0. The number of anilines is 2. The van der Waals surface area contributed by atoms with Crippen molar-refractivity contribution in [2.45, 2.75) is 20.3 Å². The van der Waals surface area contributed by atoms with Gasteiger partial charge in [-0.25, -0.2) is 4.39 Å². The van der Waals surface area contributed by atoms with E-state index in [1.54, 1.807) is 6.07 Å². The lowest BCUT2D eigenvalue weighted by Crippen LogP contribution is -2.36. The zero-order valence-corrected chi connectivity index (χ0v) is 12.0. The summed E-state index contributed by atoms with van der Waals surface area (Å²) in [6, 6.07) is 4.51. The summed E-state index contributed by atoms with van der Waals surface area (Å²) in [7, 11) is 0. The van der Waals surface area contributed by atoms with Crippen molar-refractivity contribution >= 4 is 17.3 Å². The summed E-state index contributed by atoms with van der Waals surface area (Å²) in [5.41, 5.74) is 1.39. The molecule has 0 bridgehead atoms. The SMILES string of the molecule is CC(C)CC(=O)Nc1cc(F)ccc1N1CCOCC1. The molecule has 0 atom stereocenters. The quantitative estimate of drug-likeness (QED) is 0.922. The standard InChI is InChI=1S/C15H21FN2O2/c1-11(2)9-15(19)17-13-10-12(16)3-4-14(13)18-5-7-20-8-6-18/h3-4,10-11H,5-9H2,1-2H3,(H,17,19).